The lowest BCUT2D eigenvalue weighted by Gasteiger charge is -2.12. The van der Waals surface area contributed by atoms with E-state index in [0.29, 0.717) is 11.8 Å². The number of methoxy groups -OCH3 is 1. The smallest absolute Gasteiger partial charge is 0.118 e. The zero-order valence-corrected chi connectivity index (χ0v) is 12.3. The summed E-state index contributed by atoms with van der Waals surface area (Å²) in [6.07, 6.45) is 2.06. The molecule has 0 saturated carbocycles. The van der Waals surface area contributed by atoms with Crippen LogP contribution in [-0.4, -0.2) is 29.7 Å². The molecule has 1 aromatic rings. The van der Waals surface area contributed by atoms with Gasteiger partial charge < -0.3 is 10.1 Å². The molecule has 0 aliphatic carbocycles. The van der Waals surface area contributed by atoms with Crippen LogP contribution in [0.5, 0.6) is 5.75 Å². The van der Waals surface area contributed by atoms with E-state index in [2.05, 4.69) is 19.2 Å². The van der Waals surface area contributed by atoms with Crippen LogP contribution in [0.3, 0.4) is 0 Å². The van der Waals surface area contributed by atoms with Gasteiger partial charge in [-0.25, -0.2) is 0 Å². The van der Waals surface area contributed by atoms with Gasteiger partial charge >= 0.3 is 0 Å². The lowest BCUT2D eigenvalue weighted by Crippen LogP contribution is -2.28. The van der Waals surface area contributed by atoms with Crippen molar-refractivity contribution in [3.05, 3.63) is 24.3 Å². The summed E-state index contributed by atoms with van der Waals surface area (Å²) in [6, 6.07) is 7.88. The van der Waals surface area contributed by atoms with Gasteiger partial charge in [0.1, 0.15) is 5.75 Å². The van der Waals surface area contributed by atoms with Gasteiger partial charge in [-0.05, 0) is 50.6 Å². The third kappa shape index (κ3) is 5.19. The summed E-state index contributed by atoms with van der Waals surface area (Å²) in [4.78, 5) is 0.874. The van der Waals surface area contributed by atoms with Crippen LogP contribution < -0.4 is 10.1 Å². The Hall–Kier alpha value is -0.870. The van der Waals surface area contributed by atoms with E-state index in [-0.39, 0.29) is 0 Å². The molecule has 0 bridgehead atoms. The Labute approximate surface area is 112 Å². The molecule has 4 heteroatoms. The Bertz CT molecular complexity index is 365. The average molecular weight is 269 g/mol. The highest BCUT2D eigenvalue weighted by Gasteiger charge is 2.07. The van der Waals surface area contributed by atoms with Gasteiger partial charge in [-0.15, -0.1) is 0 Å². The normalized spacial score (nSPS) is 14.2. The fraction of sp³-hybridized carbons (Fsp3) is 0.571. The predicted octanol–water partition coefficient (Wildman–Crippen LogP) is 2.58. The minimum Gasteiger partial charge on any atom is -0.497 e. The average Bonchev–Trinajstić information content (AvgIpc) is 2.42. The van der Waals surface area contributed by atoms with Gasteiger partial charge in [0, 0.05) is 16.7 Å². The lowest BCUT2D eigenvalue weighted by molar-refractivity contribution is 0.414. The predicted molar refractivity (Wildman–Crippen MR) is 76.6 cm³/mol. The largest absolute Gasteiger partial charge is 0.497 e. The lowest BCUT2D eigenvalue weighted by atomic mass is 10.2. The Balaban J connectivity index is 2.39. The maximum absolute atomic E-state index is 12.1. The van der Waals surface area contributed by atoms with Crippen molar-refractivity contribution in [1.82, 2.24) is 5.32 Å². The fourth-order valence-corrected chi connectivity index (χ4v) is 2.86. The Morgan fingerprint density at radius 2 is 2.00 bits per heavy atom. The van der Waals surface area contributed by atoms with Crippen LogP contribution in [0.4, 0.5) is 0 Å². The van der Waals surface area contributed by atoms with Crippen molar-refractivity contribution in [2.24, 2.45) is 0 Å². The Kier molecular flexibility index (Phi) is 6.98. The van der Waals surface area contributed by atoms with E-state index in [9.17, 15) is 4.21 Å². The van der Waals surface area contributed by atoms with Gasteiger partial charge in [0.05, 0.1) is 17.9 Å². The van der Waals surface area contributed by atoms with Crippen molar-refractivity contribution in [1.29, 1.82) is 0 Å². The monoisotopic (exact) mass is 269 g/mol. The number of hydrogen-bond donors (Lipinski definition) is 1. The molecular weight excluding hydrogens is 246 g/mol. The summed E-state index contributed by atoms with van der Waals surface area (Å²) in [6.45, 7) is 5.31. The SMILES string of the molecule is CCCNC(C)CCS(=O)c1ccc(OC)cc1. The second-order valence-electron chi connectivity index (χ2n) is 4.37. The third-order valence-corrected chi connectivity index (χ3v) is 4.21. The van der Waals surface area contributed by atoms with E-state index in [1.807, 2.05) is 24.3 Å². The summed E-state index contributed by atoms with van der Waals surface area (Å²) < 4.78 is 17.1. The zero-order chi connectivity index (χ0) is 13.4. The Morgan fingerprint density at radius 3 is 2.56 bits per heavy atom. The topological polar surface area (TPSA) is 38.3 Å². The zero-order valence-electron chi connectivity index (χ0n) is 11.4. The first-order valence-corrected chi connectivity index (χ1v) is 7.75. The third-order valence-electron chi connectivity index (χ3n) is 2.80. The standard InChI is InChI=1S/C14H23NO2S/c1-4-10-15-12(2)9-11-18(16)14-7-5-13(17-3)6-8-14/h5-8,12,15H,4,9-11H2,1-3H3. The molecule has 0 amide bonds. The van der Waals surface area contributed by atoms with E-state index < -0.39 is 10.8 Å². The number of hydrogen-bond acceptors (Lipinski definition) is 3. The van der Waals surface area contributed by atoms with Crippen LogP contribution in [-0.2, 0) is 10.8 Å². The van der Waals surface area contributed by atoms with Crippen LogP contribution in [0.2, 0.25) is 0 Å². The quantitative estimate of drug-likeness (QED) is 0.788. The molecule has 1 aromatic carbocycles. The molecule has 0 spiro atoms. The highest BCUT2D eigenvalue weighted by molar-refractivity contribution is 7.85. The molecule has 0 fully saturated rings. The molecule has 0 saturated heterocycles. The van der Waals surface area contributed by atoms with Crippen LogP contribution in [0.1, 0.15) is 26.7 Å². The number of rotatable bonds is 8. The van der Waals surface area contributed by atoms with Crippen LogP contribution in [0.25, 0.3) is 0 Å². The molecule has 0 radical (unpaired) electrons. The molecule has 1 rings (SSSR count). The summed E-state index contributed by atoms with van der Waals surface area (Å²) in [5.74, 6) is 1.50. The molecule has 0 aliphatic heterocycles. The van der Waals surface area contributed by atoms with Gasteiger partial charge in [-0.3, -0.25) is 4.21 Å². The van der Waals surface area contributed by atoms with E-state index in [0.717, 1.165) is 30.0 Å². The van der Waals surface area contributed by atoms with Crippen LogP contribution in [0.15, 0.2) is 29.2 Å². The van der Waals surface area contributed by atoms with Crippen molar-refractivity contribution >= 4 is 10.8 Å². The van der Waals surface area contributed by atoms with Crippen molar-refractivity contribution in [2.75, 3.05) is 19.4 Å². The summed E-state index contributed by atoms with van der Waals surface area (Å²) in [5.41, 5.74) is 0. The van der Waals surface area contributed by atoms with Gasteiger partial charge in [0.2, 0.25) is 0 Å². The van der Waals surface area contributed by atoms with E-state index in [1.54, 1.807) is 7.11 Å². The molecule has 0 aliphatic rings. The molecule has 0 heterocycles. The molecule has 18 heavy (non-hydrogen) atoms. The molecule has 2 atom stereocenters. The first-order valence-electron chi connectivity index (χ1n) is 6.43. The minimum absolute atomic E-state index is 0.423. The molecule has 0 aromatic heterocycles. The van der Waals surface area contributed by atoms with Crippen LogP contribution >= 0.6 is 0 Å². The van der Waals surface area contributed by atoms with Crippen molar-refractivity contribution < 1.29 is 8.95 Å². The van der Waals surface area contributed by atoms with Crippen LogP contribution in [0, 0.1) is 0 Å². The second kappa shape index (κ2) is 8.27. The number of ether oxygens (including phenoxy) is 1. The van der Waals surface area contributed by atoms with E-state index in [1.165, 1.54) is 0 Å². The van der Waals surface area contributed by atoms with Crippen molar-refractivity contribution in [2.45, 2.75) is 37.6 Å². The van der Waals surface area contributed by atoms with Gasteiger partial charge in [-0.1, -0.05) is 6.92 Å². The van der Waals surface area contributed by atoms with Crippen molar-refractivity contribution in [3.8, 4) is 5.75 Å². The maximum Gasteiger partial charge on any atom is 0.118 e. The highest BCUT2D eigenvalue weighted by atomic mass is 32.2. The van der Waals surface area contributed by atoms with Gasteiger partial charge in [0.25, 0.3) is 0 Å². The second-order valence-corrected chi connectivity index (χ2v) is 5.94. The first-order chi connectivity index (χ1) is 8.67. The minimum atomic E-state index is -0.915. The molecule has 2 unspecified atom stereocenters. The van der Waals surface area contributed by atoms with Gasteiger partial charge in [-0.2, -0.15) is 0 Å². The number of nitrogens with one attached hydrogen (secondary N) is 1. The first kappa shape index (κ1) is 15.2. The molecular formula is C14H23NO2S. The van der Waals surface area contributed by atoms with Crippen molar-refractivity contribution in [3.63, 3.8) is 0 Å². The van der Waals surface area contributed by atoms with Gasteiger partial charge in [0.15, 0.2) is 0 Å². The fourth-order valence-electron chi connectivity index (χ4n) is 1.62. The maximum atomic E-state index is 12.1. The highest BCUT2D eigenvalue weighted by Crippen LogP contribution is 2.15. The van der Waals surface area contributed by atoms with E-state index in [4.69, 9.17) is 4.74 Å². The summed E-state index contributed by atoms with van der Waals surface area (Å²) in [7, 11) is 0.717. The Morgan fingerprint density at radius 1 is 1.33 bits per heavy atom. The number of benzene rings is 1. The molecule has 3 nitrogen and oxygen atoms in total. The molecule has 102 valence electrons. The molecule has 1 N–H and O–H groups in total. The summed E-state index contributed by atoms with van der Waals surface area (Å²) in [5, 5.41) is 3.40. The summed E-state index contributed by atoms with van der Waals surface area (Å²) >= 11 is 0. The van der Waals surface area contributed by atoms with E-state index >= 15 is 0 Å².